The summed E-state index contributed by atoms with van der Waals surface area (Å²) in [5.41, 5.74) is 0.620. The van der Waals surface area contributed by atoms with Crippen molar-refractivity contribution < 1.29 is 28.7 Å². The van der Waals surface area contributed by atoms with Crippen LogP contribution in [0.5, 0.6) is 0 Å². The van der Waals surface area contributed by atoms with Crippen molar-refractivity contribution >= 4 is 40.0 Å². The first-order valence-electron chi connectivity index (χ1n) is 8.77. The normalized spacial score (nSPS) is 15.4. The summed E-state index contributed by atoms with van der Waals surface area (Å²) in [6.07, 6.45) is 6.10. The van der Waals surface area contributed by atoms with Crippen molar-refractivity contribution in [2.24, 2.45) is 5.92 Å². The molecule has 1 aliphatic rings. The van der Waals surface area contributed by atoms with Gasteiger partial charge in [0.1, 0.15) is 5.00 Å². The second-order valence-electron chi connectivity index (χ2n) is 6.22. The van der Waals surface area contributed by atoms with Gasteiger partial charge in [0, 0.05) is 0 Å². The number of esters is 2. The van der Waals surface area contributed by atoms with Crippen LogP contribution >= 0.6 is 11.3 Å². The number of amides is 1. The Morgan fingerprint density at radius 1 is 1.26 bits per heavy atom. The van der Waals surface area contributed by atoms with Gasteiger partial charge in [0.15, 0.2) is 12.4 Å². The maximum Gasteiger partial charge on any atom is 0.341 e. The molecule has 0 bridgehead atoms. The molecular weight excluding hydrogens is 370 g/mol. The summed E-state index contributed by atoms with van der Waals surface area (Å²) in [4.78, 5) is 48.3. The number of hydrogen-bond acceptors (Lipinski definition) is 7. The highest BCUT2D eigenvalue weighted by Gasteiger charge is 2.25. The second kappa shape index (κ2) is 9.45. The van der Waals surface area contributed by atoms with Gasteiger partial charge in [-0.25, -0.2) is 4.79 Å². The van der Waals surface area contributed by atoms with E-state index in [1.54, 1.807) is 13.8 Å². The van der Waals surface area contributed by atoms with Crippen LogP contribution in [-0.4, -0.2) is 36.8 Å². The molecule has 1 aromatic heterocycles. The van der Waals surface area contributed by atoms with Gasteiger partial charge in [-0.05, 0) is 45.1 Å². The lowest BCUT2D eigenvalue weighted by Crippen LogP contribution is -2.22. The first-order valence-corrected chi connectivity index (χ1v) is 9.58. The Kier molecular flexibility index (Phi) is 7.29. The first kappa shape index (κ1) is 20.8. The monoisotopic (exact) mass is 393 g/mol. The molecule has 0 aromatic carbocycles. The molecule has 0 aliphatic heterocycles. The summed E-state index contributed by atoms with van der Waals surface area (Å²) in [5, 5.41) is 2.77. The fraction of sp³-hybridized carbons (Fsp3) is 0.474. The molecule has 1 amide bonds. The summed E-state index contributed by atoms with van der Waals surface area (Å²) in [6, 6.07) is 0. The highest BCUT2D eigenvalue weighted by molar-refractivity contribution is 7.18. The Labute approximate surface area is 161 Å². The van der Waals surface area contributed by atoms with Gasteiger partial charge < -0.3 is 14.8 Å². The van der Waals surface area contributed by atoms with Crippen LogP contribution in [-0.2, 0) is 19.1 Å². The number of carbonyl (C=O) groups is 4. The average molecular weight is 393 g/mol. The van der Waals surface area contributed by atoms with Crippen molar-refractivity contribution in [1.29, 1.82) is 0 Å². The van der Waals surface area contributed by atoms with Crippen LogP contribution in [0.4, 0.5) is 5.00 Å². The molecular formula is C19H23NO6S. The van der Waals surface area contributed by atoms with E-state index in [4.69, 9.17) is 9.47 Å². The lowest BCUT2D eigenvalue weighted by molar-refractivity contribution is -0.147. The van der Waals surface area contributed by atoms with Gasteiger partial charge in [0.25, 0.3) is 5.91 Å². The number of ether oxygens (including phenoxy) is 2. The van der Waals surface area contributed by atoms with Gasteiger partial charge >= 0.3 is 11.9 Å². The van der Waals surface area contributed by atoms with Gasteiger partial charge in [-0.2, -0.15) is 0 Å². The third-order valence-corrected chi connectivity index (χ3v) is 5.41. The van der Waals surface area contributed by atoms with E-state index < -0.39 is 24.5 Å². The molecule has 1 atom stereocenters. The largest absolute Gasteiger partial charge is 0.462 e. The van der Waals surface area contributed by atoms with Gasteiger partial charge in [0.05, 0.1) is 23.5 Å². The highest BCUT2D eigenvalue weighted by atomic mass is 32.1. The van der Waals surface area contributed by atoms with Gasteiger partial charge in [-0.3, -0.25) is 14.4 Å². The summed E-state index contributed by atoms with van der Waals surface area (Å²) in [6.45, 7) is 4.40. The van der Waals surface area contributed by atoms with Crippen molar-refractivity contribution in [3.63, 3.8) is 0 Å². The highest BCUT2D eigenvalue weighted by Crippen LogP contribution is 2.34. The molecule has 7 nitrogen and oxygen atoms in total. The topological polar surface area (TPSA) is 98.8 Å². The minimum Gasteiger partial charge on any atom is -0.462 e. The van der Waals surface area contributed by atoms with E-state index in [9.17, 15) is 19.2 Å². The number of nitrogens with one attached hydrogen (secondary N) is 1. The molecule has 0 fully saturated rings. The molecule has 8 heteroatoms. The van der Waals surface area contributed by atoms with E-state index >= 15 is 0 Å². The van der Waals surface area contributed by atoms with E-state index in [1.807, 2.05) is 12.2 Å². The van der Waals surface area contributed by atoms with Crippen LogP contribution in [0.2, 0.25) is 0 Å². The van der Waals surface area contributed by atoms with Crippen LogP contribution in [0.3, 0.4) is 0 Å². The maximum atomic E-state index is 12.2. The van der Waals surface area contributed by atoms with Crippen molar-refractivity contribution in [2.45, 2.75) is 40.0 Å². The fourth-order valence-electron chi connectivity index (χ4n) is 2.83. The molecule has 146 valence electrons. The van der Waals surface area contributed by atoms with E-state index in [-0.39, 0.29) is 35.3 Å². The Balaban J connectivity index is 2.02. The Bertz CT molecular complexity index is 779. The van der Waals surface area contributed by atoms with Crippen LogP contribution in [0.15, 0.2) is 12.2 Å². The summed E-state index contributed by atoms with van der Waals surface area (Å²) >= 11 is 1.01. The van der Waals surface area contributed by atoms with Crippen molar-refractivity contribution in [2.75, 3.05) is 18.5 Å². The molecule has 0 saturated heterocycles. The third-order valence-electron chi connectivity index (χ3n) is 4.10. The van der Waals surface area contributed by atoms with Gasteiger partial charge in [0.2, 0.25) is 0 Å². The van der Waals surface area contributed by atoms with Crippen molar-refractivity contribution in [3.05, 3.63) is 28.2 Å². The number of ketones is 1. The molecule has 1 aliphatic carbocycles. The van der Waals surface area contributed by atoms with E-state index in [0.29, 0.717) is 10.4 Å². The lowest BCUT2D eigenvalue weighted by Gasteiger charge is -2.09. The fourth-order valence-corrected chi connectivity index (χ4v) is 3.94. The number of carbonyl (C=O) groups excluding carboxylic acids is 4. The smallest absolute Gasteiger partial charge is 0.341 e. The lowest BCUT2D eigenvalue weighted by atomic mass is 10.1. The second-order valence-corrected chi connectivity index (χ2v) is 7.24. The SMILES string of the molecule is CCOC(=O)c1c(NC(=O)COC(=O)C[C@@H]2C=CCC2)sc(C(C)=O)c1C. The Hall–Kier alpha value is -2.48. The average Bonchev–Trinajstić information content (AvgIpc) is 3.21. The first-order chi connectivity index (χ1) is 12.8. The Morgan fingerprint density at radius 3 is 2.59 bits per heavy atom. The quantitative estimate of drug-likeness (QED) is 0.413. The van der Waals surface area contributed by atoms with E-state index in [2.05, 4.69) is 5.32 Å². The van der Waals surface area contributed by atoms with Crippen molar-refractivity contribution in [3.8, 4) is 0 Å². The Morgan fingerprint density at radius 2 is 2.00 bits per heavy atom. The number of Topliss-reactive ketones (excluding diaryl/α,β-unsaturated/α-hetero) is 1. The molecule has 0 saturated carbocycles. The molecule has 27 heavy (non-hydrogen) atoms. The minimum atomic E-state index is -0.612. The predicted molar refractivity (Wildman–Crippen MR) is 101 cm³/mol. The maximum absolute atomic E-state index is 12.2. The molecule has 0 radical (unpaired) electrons. The molecule has 1 heterocycles. The van der Waals surface area contributed by atoms with Crippen LogP contribution < -0.4 is 5.32 Å². The molecule has 2 rings (SSSR count). The predicted octanol–water partition coefficient (Wildman–Crippen LogP) is 3.27. The number of thiophene rings is 1. The number of allylic oxidation sites excluding steroid dienone is 2. The minimum absolute atomic E-state index is 0.155. The summed E-state index contributed by atoms with van der Waals surface area (Å²) in [5.74, 6) is -1.68. The third kappa shape index (κ3) is 5.50. The standard InChI is InChI=1S/C19H23NO6S/c1-4-25-19(24)16-11(2)17(12(3)21)27-18(16)20-14(22)10-26-15(23)9-13-7-5-6-8-13/h5,7,13H,4,6,8-10H2,1-3H3,(H,20,22)/t13-/m1/s1. The van der Waals surface area contributed by atoms with Gasteiger partial charge in [-0.15, -0.1) is 11.3 Å². The number of anilines is 1. The number of hydrogen-bond donors (Lipinski definition) is 1. The van der Waals surface area contributed by atoms with Crippen LogP contribution in [0, 0.1) is 12.8 Å². The zero-order valence-electron chi connectivity index (χ0n) is 15.6. The molecule has 1 N–H and O–H groups in total. The van der Waals surface area contributed by atoms with E-state index in [1.165, 1.54) is 6.92 Å². The summed E-state index contributed by atoms with van der Waals surface area (Å²) in [7, 11) is 0. The van der Waals surface area contributed by atoms with Crippen LogP contribution in [0.25, 0.3) is 0 Å². The number of rotatable bonds is 8. The van der Waals surface area contributed by atoms with Crippen molar-refractivity contribution in [1.82, 2.24) is 0 Å². The van der Waals surface area contributed by atoms with E-state index in [0.717, 1.165) is 24.2 Å². The molecule has 0 unspecified atom stereocenters. The van der Waals surface area contributed by atoms with Crippen LogP contribution in [0.1, 0.15) is 58.7 Å². The molecule has 0 spiro atoms. The molecule has 1 aromatic rings. The summed E-state index contributed by atoms with van der Waals surface area (Å²) < 4.78 is 10.0. The zero-order valence-corrected chi connectivity index (χ0v) is 16.4. The zero-order chi connectivity index (χ0) is 20.0. The van der Waals surface area contributed by atoms with Gasteiger partial charge in [-0.1, -0.05) is 12.2 Å².